The first-order chi connectivity index (χ1) is 9.55. The third-order valence-corrected chi connectivity index (χ3v) is 3.51. The summed E-state index contributed by atoms with van der Waals surface area (Å²) < 4.78 is 11.4. The van der Waals surface area contributed by atoms with Gasteiger partial charge in [0.05, 0.1) is 0 Å². The van der Waals surface area contributed by atoms with Crippen LogP contribution in [0.2, 0.25) is 0 Å². The van der Waals surface area contributed by atoms with Crippen LogP contribution in [0.3, 0.4) is 0 Å². The van der Waals surface area contributed by atoms with Crippen molar-refractivity contribution in [2.45, 2.75) is 38.3 Å². The average Bonchev–Trinajstić information content (AvgIpc) is 2.45. The third-order valence-electron chi connectivity index (χ3n) is 3.51. The fourth-order valence-electron chi connectivity index (χ4n) is 2.27. The highest BCUT2D eigenvalue weighted by molar-refractivity contribution is 5.78. The number of para-hydroxylation sites is 2. The van der Waals surface area contributed by atoms with Crippen LogP contribution in [0.4, 0.5) is 0 Å². The number of fused-ring (bicyclic) bond motifs is 1. The first kappa shape index (κ1) is 14.7. The van der Waals surface area contributed by atoms with Gasteiger partial charge in [-0.15, -0.1) is 0 Å². The van der Waals surface area contributed by atoms with Gasteiger partial charge in [0.1, 0.15) is 18.2 Å². The highest BCUT2D eigenvalue weighted by Crippen LogP contribution is 2.30. The Bertz CT molecular complexity index is 477. The number of carboxylic acids is 1. The second kappa shape index (κ2) is 6.13. The number of ether oxygens (including phenoxy) is 2. The molecule has 20 heavy (non-hydrogen) atoms. The maximum Gasteiger partial charge on any atom is 0.323 e. The first-order valence-electron chi connectivity index (χ1n) is 6.92. The molecule has 1 aromatic carbocycles. The number of nitrogens with one attached hydrogen (secondary N) is 1. The molecule has 1 aliphatic rings. The molecule has 0 radical (unpaired) electrons. The summed E-state index contributed by atoms with van der Waals surface area (Å²) in [6.45, 7) is 4.54. The van der Waals surface area contributed by atoms with Crippen molar-refractivity contribution in [3.8, 4) is 11.5 Å². The van der Waals surface area contributed by atoms with E-state index in [0.29, 0.717) is 25.3 Å². The van der Waals surface area contributed by atoms with Crippen molar-refractivity contribution < 1.29 is 19.4 Å². The Labute approximate surface area is 118 Å². The zero-order valence-electron chi connectivity index (χ0n) is 11.9. The summed E-state index contributed by atoms with van der Waals surface area (Å²) in [4.78, 5) is 11.3. The van der Waals surface area contributed by atoms with Crippen molar-refractivity contribution in [1.29, 1.82) is 0 Å². The van der Waals surface area contributed by atoms with Gasteiger partial charge in [0, 0.05) is 6.54 Å². The highest BCUT2D eigenvalue weighted by Gasteiger charge is 2.33. The predicted molar refractivity (Wildman–Crippen MR) is 75.3 cm³/mol. The van der Waals surface area contributed by atoms with Crippen LogP contribution in [0.1, 0.15) is 26.7 Å². The molecule has 0 spiro atoms. The summed E-state index contributed by atoms with van der Waals surface area (Å²) in [6, 6.07) is 7.49. The molecule has 0 bridgehead atoms. The van der Waals surface area contributed by atoms with Gasteiger partial charge in [-0.1, -0.05) is 25.5 Å². The van der Waals surface area contributed by atoms with Gasteiger partial charge in [0.25, 0.3) is 0 Å². The standard InChI is InChI=1S/C15H21NO4/c1-3-8-15(2,14(17)18)16-9-11-10-19-12-6-4-5-7-13(12)20-11/h4-7,11,16H,3,8-10H2,1-2H3,(H,17,18). The van der Waals surface area contributed by atoms with Crippen molar-refractivity contribution in [1.82, 2.24) is 5.32 Å². The summed E-state index contributed by atoms with van der Waals surface area (Å²) in [5.41, 5.74) is -0.922. The van der Waals surface area contributed by atoms with Gasteiger partial charge in [-0.3, -0.25) is 10.1 Å². The van der Waals surface area contributed by atoms with Crippen molar-refractivity contribution in [3.63, 3.8) is 0 Å². The molecule has 110 valence electrons. The van der Waals surface area contributed by atoms with Gasteiger partial charge >= 0.3 is 5.97 Å². The average molecular weight is 279 g/mol. The molecule has 0 aliphatic carbocycles. The first-order valence-corrected chi connectivity index (χ1v) is 6.92. The molecule has 0 aromatic heterocycles. The smallest absolute Gasteiger partial charge is 0.323 e. The third kappa shape index (κ3) is 3.22. The zero-order valence-corrected chi connectivity index (χ0v) is 11.9. The van der Waals surface area contributed by atoms with E-state index in [1.807, 2.05) is 31.2 Å². The van der Waals surface area contributed by atoms with Crippen molar-refractivity contribution in [3.05, 3.63) is 24.3 Å². The fourth-order valence-corrected chi connectivity index (χ4v) is 2.27. The quantitative estimate of drug-likeness (QED) is 0.834. The minimum absolute atomic E-state index is 0.180. The number of rotatable bonds is 6. The van der Waals surface area contributed by atoms with Crippen LogP contribution in [0.25, 0.3) is 0 Å². The van der Waals surface area contributed by atoms with E-state index < -0.39 is 11.5 Å². The fraction of sp³-hybridized carbons (Fsp3) is 0.533. The number of aliphatic carboxylic acids is 1. The van der Waals surface area contributed by atoms with Crippen molar-refractivity contribution in [2.24, 2.45) is 0 Å². The number of hydrogen-bond acceptors (Lipinski definition) is 4. The van der Waals surface area contributed by atoms with Gasteiger partial charge in [-0.05, 0) is 25.5 Å². The molecule has 5 nitrogen and oxygen atoms in total. The summed E-state index contributed by atoms with van der Waals surface area (Å²) in [5, 5.41) is 12.4. The van der Waals surface area contributed by atoms with Crippen molar-refractivity contribution >= 4 is 5.97 Å². The van der Waals surface area contributed by atoms with Crippen LogP contribution in [0.5, 0.6) is 11.5 Å². The lowest BCUT2D eigenvalue weighted by Crippen LogP contribution is -2.53. The van der Waals surface area contributed by atoms with E-state index in [2.05, 4.69) is 5.32 Å². The topological polar surface area (TPSA) is 67.8 Å². The van der Waals surface area contributed by atoms with Crippen LogP contribution in [-0.4, -0.2) is 35.9 Å². The lowest BCUT2D eigenvalue weighted by molar-refractivity contribution is -0.144. The Morgan fingerprint density at radius 1 is 1.45 bits per heavy atom. The van der Waals surface area contributed by atoms with Gasteiger partial charge in [0.2, 0.25) is 0 Å². The van der Waals surface area contributed by atoms with Crippen LogP contribution in [0.15, 0.2) is 24.3 Å². The monoisotopic (exact) mass is 279 g/mol. The van der Waals surface area contributed by atoms with E-state index in [1.165, 1.54) is 0 Å². The Morgan fingerprint density at radius 3 is 2.80 bits per heavy atom. The van der Waals surface area contributed by atoms with E-state index in [9.17, 15) is 9.90 Å². The molecule has 2 N–H and O–H groups in total. The number of hydrogen-bond donors (Lipinski definition) is 2. The van der Waals surface area contributed by atoms with E-state index in [-0.39, 0.29) is 6.10 Å². The molecule has 1 aliphatic heterocycles. The Hall–Kier alpha value is -1.75. The number of carbonyl (C=O) groups is 1. The van der Waals surface area contributed by atoms with Crippen molar-refractivity contribution in [2.75, 3.05) is 13.2 Å². The molecule has 1 heterocycles. The lowest BCUT2D eigenvalue weighted by Gasteiger charge is -2.31. The van der Waals surface area contributed by atoms with Crippen LogP contribution < -0.4 is 14.8 Å². The molecule has 2 unspecified atom stereocenters. The molecule has 0 amide bonds. The maximum absolute atomic E-state index is 11.3. The highest BCUT2D eigenvalue weighted by atomic mass is 16.6. The Kier molecular flexibility index (Phi) is 4.49. The Balaban J connectivity index is 1.94. The maximum atomic E-state index is 11.3. The second-order valence-electron chi connectivity index (χ2n) is 5.27. The molecular formula is C15H21NO4. The zero-order chi connectivity index (χ0) is 14.6. The molecule has 2 atom stereocenters. The lowest BCUT2D eigenvalue weighted by atomic mass is 9.96. The van der Waals surface area contributed by atoms with Crippen LogP contribution in [0, 0.1) is 0 Å². The molecule has 0 fully saturated rings. The van der Waals surface area contributed by atoms with E-state index in [0.717, 1.165) is 12.2 Å². The number of benzene rings is 1. The number of carboxylic acid groups (broad SMARTS) is 1. The summed E-state index contributed by atoms with van der Waals surface area (Å²) >= 11 is 0. The van der Waals surface area contributed by atoms with Gasteiger partial charge in [-0.25, -0.2) is 0 Å². The van der Waals surface area contributed by atoms with E-state index in [1.54, 1.807) is 6.92 Å². The normalized spacial score (nSPS) is 20.2. The Morgan fingerprint density at radius 2 is 2.15 bits per heavy atom. The molecule has 1 aromatic rings. The molecule has 0 saturated carbocycles. The SMILES string of the molecule is CCCC(C)(NCC1COc2ccccc2O1)C(=O)O. The van der Waals surface area contributed by atoms with E-state index in [4.69, 9.17) is 9.47 Å². The van der Waals surface area contributed by atoms with E-state index >= 15 is 0 Å². The van der Waals surface area contributed by atoms with Crippen LogP contribution in [-0.2, 0) is 4.79 Å². The van der Waals surface area contributed by atoms with Crippen LogP contribution >= 0.6 is 0 Å². The second-order valence-corrected chi connectivity index (χ2v) is 5.27. The predicted octanol–water partition coefficient (Wildman–Crippen LogP) is 2.06. The largest absolute Gasteiger partial charge is 0.486 e. The van der Waals surface area contributed by atoms with Gasteiger partial charge < -0.3 is 14.6 Å². The molecule has 0 saturated heterocycles. The van der Waals surface area contributed by atoms with Gasteiger partial charge in [-0.2, -0.15) is 0 Å². The van der Waals surface area contributed by atoms with Gasteiger partial charge in [0.15, 0.2) is 11.5 Å². The summed E-state index contributed by atoms with van der Waals surface area (Å²) in [7, 11) is 0. The molecule has 2 rings (SSSR count). The molecular weight excluding hydrogens is 258 g/mol. The summed E-state index contributed by atoms with van der Waals surface area (Å²) in [5.74, 6) is 0.604. The minimum atomic E-state index is -0.922. The summed E-state index contributed by atoms with van der Waals surface area (Å²) in [6.07, 6.45) is 1.20. The molecule has 5 heteroatoms. The minimum Gasteiger partial charge on any atom is -0.486 e.